The van der Waals surface area contributed by atoms with Crippen molar-refractivity contribution in [3.8, 4) is 0 Å². The first kappa shape index (κ1) is 24.3. The molecule has 0 spiro atoms. The first-order valence-electron chi connectivity index (χ1n) is 11.5. The number of aromatic nitrogens is 3. The van der Waals surface area contributed by atoms with Crippen LogP contribution in [-0.4, -0.2) is 46.1 Å². The predicted molar refractivity (Wildman–Crippen MR) is 131 cm³/mol. The molecule has 1 aromatic carbocycles. The third kappa shape index (κ3) is 5.90. The van der Waals surface area contributed by atoms with Gasteiger partial charge in [-0.2, -0.15) is 0 Å². The smallest absolute Gasteiger partial charge is 0.238 e. The monoisotopic (exact) mass is 459 g/mol. The van der Waals surface area contributed by atoms with Gasteiger partial charge in [-0.15, -0.1) is 11.6 Å². The topological polar surface area (TPSA) is 95.1 Å². The Morgan fingerprint density at radius 3 is 2.81 bits per heavy atom. The van der Waals surface area contributed by atoms with E-state index in [2.05, 4.69) is 27.9 Å². The minimum atomic E-state index is -0.443. The molecular weight excluding hydrogens is 426 g/mol. The molecule has 0 fully saturated rings. The lowest BCUT2D eigenvalue weighted by molar-refractivity contribution is -0.120. The maximum Gasteiger partial charge on any atom is 0.238 e. The number of nitrogens with one attached hydrogen (secondary N) is 1. The Balaban J connectivity index is 1.67. The zero-order valence-electron chi connectivity index (χ0n) is 19.1. The molecular formula is C24H34ClN5O2. The largest absolute Gasteiger partial charge is 0.384 e. The second-order valence-corrected chi connectivity index (χ2v) is 8.62. The number of unbranched alkanes of at least 4 members (excludes halogenated alkanes) is 3. The van der Waals surface area contributed by atoms with Crippen LogP contribution >= 0.6 is 11.6 Å². The number of hydrogen-bond donors (Lipinski definition) is 2. The van der Waals surface area contributed by atoms with E-state index in [-0.39, 0.29) is 5.91 Å². The Morgan fingerprint density at radius 1 is 1.22 bits per heavy atom. The molecule has 32 heavy (non-hydrogen) atoms. The lowest BCUT2D eigenvalue weighted by atomic mass is 10.1. The van der Waals surface area contributed by atoms with Gasteiger partial charge in [0.2, 0.25) is 5.91 Å². The molecule has 0 bridgehead atoms. The highest BCUT2D eigenvalue weighted by Crippen LogP contribution is 2.29. The zero-order valence-corrected chi connectivity index (χ0v) is 19.8. The molecule has 0 aliphatic heterocycles. The van der Waals surface area contributed by atoms with E-state index in [1.807, 2.05) is 18.2 Å². The van der Waals surface area contributed by atoms with E-state index in [1.165, 1.54) is 0 Å². The fourth-order valence-electron chi connectivity index (χ4n) is 3.95. The molecule has 0 saturated heterocycles. The van der Waals surface area contributed by atoms with Crippen LogP contribution in [0.15, 0.2) is 24.3 Å². The summed E-state index contributed by atoms with van der Waals surface area (Å²) >= 11 is 6.21. The Labute approximate surface area is 194 Å². The highest BCUT2D eigenvalue weighted by atomic mass is 35.5. The summed E-state index contributed by atoms with van der Waals surface area (Å²) in [5.74, 6) is 1.31. The fourth-order valence-corrected chi connectivity index (χ4v) is 4.18. The first-order chi connectivity index (χ1) is 15.6. The highest BCUT2D eigenvalue weighted by molar-refractivity contribution is 6.30. The number of ether oxygens (including phenoxy) is 1. The second-order valence-electron chi connectivity index (χ2n) is 8.10. The highest BCUT2D eigenvalue weighted by Gasteiger charge is 2.17. The molecule has 0 aliphatic rings. The minimum absolute atomic E-state index is 0.0681. The van der Waals surface area contributed by atoms with Crippen LogP contribution in [0.25, 0.3) is 21.9 Å². The number of imidazole rings is 1. The van der Waals surface area contributed by atoms with E-state index in [0.717, 1.165) is 72.8 Å². The van der Waals surface area contributed by atoms with Crippen LogP contribution in [0, 0.1) is 0 Å². The third-order valence-electron chi connectivity index (χ3n) is 5.67. The number of fused-ring (bicyclic) bond motifs is 3. The molecule has 1 unspecified atom stereocenters. The standard InChI is InChI=1S/C24H34ClN5O2/c1-3-4-5-11-18(25)24(31)27-14-8-9-15-30-20(13-16-32-2)29-21-22(30)17-10-6-7-12-19(17)28-23(21)26/h6-7,10,12,18H,3-5,8-9,11,13-16H2,1-2H3,(H2,26,28)(H,27,31). The number of rotatable bonds is 13. The average molecular weight is 460 g/mol. The third-order valence-corrected chi connectivity index (χ3v) is 6.09. The van der Waals surface area contributed by atoms with Crippen molar-refractivity contribution in [2.24, 2.45) is 0 Å². The maximum atomic E-state index is 12.2. The summed E-state index contributed by atoms with van der Waals surface area (Å²) in [5.41, 5.74) is 8.85. The van der Waals surface area contributed by atoms with Gasteiger partial charge in [-0.25, -0.2) is 9.97 Å². The van der Waals surface area contributed by atoms with Crippen LogP contribution in [0.4, 0.5) is 5.82 Å². The number of anilines is 1. The zero-order chi connectivity index (χ0) is 22.9. The lowest BCUT2D eigenvalue weighted by Gasteiger charge is -2.12. The van der Waals surface area contributed by atoms with E-state index in [0.29, 0.717) is 25.4 Å². The van der Waals surface area contributed by atoms with Crippen LogP contribution in [0.5, 0.6) is 0 Å². The van der Waals surface area contributed by atoms with Crippen LogP contribution in [0.3, 0.4) is 0 Å². The Bertz CT molecular complexity index is 1040. The molecule has 3 N–H and O–H groups in total. The molecule has 3 aromatic rings. The molecule has 1 amide bonds. The number of carbonyl (C=O) groups excluding carboxylic acids is 1. The summed E-state index contributed by atoms with van der Waals surface area (Å²) in [6.45, 7) is 4.11. The van der Waals surface area contributed by atoms with Crippen molar-refractivity contribution in [1.29, 1.82) is 0 Å². The predicted octanol–water partition coefficient (Wildman–Crippen LogP) is 4.44. The van der Waals surface area contributed by atoms with Crippen molar-refractivity contribution >= 4 is 45.3 Å². The molecule has 1 atom stereocenters. The van der Waals surface area contributed by atoms with Crippen molar-refractivity contribution in [2.45, 2.75) is 63.8 Å². The lowest BCUT2D eigenvalue weighted by Crippen LogP contribution is -2.32. The van der Waals surface area contributed by atoms with E-state index in [9.17, 15) is 4.79 Å². The molecule has 7 nitrogen and oxygen atoms in total. The molecule has 0 radical (unpaired) electrons. The van der Waals surface area contributed by atoms with Crippen LogP contribution in [0.2, 0.25) is 0 Å². The number of halogens is 1. The number of benzene rings is 1. The molecule has 0 saturated carbocycles. The Kier molecular flexibility index (Phi) is 9.11. The van der Waals surface area contributed by atoms with Gasteiger partial charge in [0.15, 0.2) is 5.82 Å². The number of amides is 1. The molecule has 3 rings (SSSR count). The quantitative estimate of drug-likeness (QED) is 0.291. The van der Waals surface area contributed by atoms with Crippen molar-refractivity contribution in [3.63, 3.8) is 0 Å². The number of nitrogen functional groups attached to an aromatic ring is 1. The summed E-state index contributed by atoms with van der Waals surface area (Å²) in [5, 5.41) is 3.57. The van der Waals surface area contributed by atoms with Gasteiger partial charge in [-0.3, -0.25) is 4.79 Å². The van der Waals surface area contributed by atoms with Crippen molar-refractivity contribution in [1.82, 2.24) is 19.9 Å². The van der Waals surface area contributed by atoms with E-state index in [4.69, 9.17) is 27.1 Å². The number of carbonyl (C=O) groups is 1. The summed E-state index contributed by atoms with van der Waals surface area (Å²) in [4.78, 5) is 21.5. The molecule has 8 heteroatoms. The maximum absolute atomic E-state index is 12.2. The number of aryl methyl sites for hydroxylation is 1. The minimum Gasteiger partial charge on any atom is -0.384 e. The number of nitrogens with two attached hydrogens (primary N) is 1. The normalized spacial score (nSPS) is 12.5. The summed E-state index contributed by atoms with van der Waals surface area (Å²) < 4.78 is 7.51. The SMILES string of the molecule is CCCCCC(Cl)C(=O)NCCCCn1c(CCOC)nc2c(N)nc3ccccc3c21. The summed E-state index contributed by atoms with van der Waals surface area (Å²) in [6, 6.07) is 7.99. The van der Waals surface area contributed by atoms with Gasteiger partial charge >= 0.3 is 0 Å². The van der Waals surface area contributed by atoms with E-state index < -0.39 is 5.38 Å². The summed E-state index contributed by atoms with van der Waals surface area (Å²) in [7, 11) is 1.69. The van der Waals surface area contributed by atoms with Gasteiger partial charge in [0, 0.05) is 32.0 Å². The molecule has 2 heterocycles. The number of alkyl halides is 1. The van der Waals surface area contributed by atoms with Gasteiger partial charge in [-0.1, -0.05) is 44.4 Å². The van der Waals surface area contributed by atoms with Crippen molar-refractivity contribution < 1.29 is 9.53 Å². The van der Waals surface area contributed by atoms with E-state index in [1.54, 1.807) is 7.11 Å². The first-order valence-corrected chi connectivity index (χ1v) is 11.9. The van der Waals surface area contributed by atoms with Crippen LogP contribution < -0.4 is 11.1 Å². The Hall–Kier alpha value is -2.38. The van der Waals surface area contributed by atoms with Crippen LogP contribution in [-0.2, 0) is 22.5 Å². The fraction of sp³-hybridized carbons (Fsp3) is 0.542. The van der Waals surface area contributed by atoms with Gasteiger partial charge < -0.3 is 20.4 Å². The van der Waals surface area contributed by atoms with Crippen molar-refractivity contribution in [2.75, 3.05) is 26.0 Å². The van der Waals surface area contributed by atoms with Gasteiger partial charge in [0.25, 0.3) is 0 Å². The van der Waals surface area contributed by atoms with Crippen molar-refractivity contribution in [3.05, 3.63) is 30.1 Å². The Morgan fingerprint density at radius 2 is 2.03 bits per heavy atom. The number of nitrogens with zero attached hydrogens (tertiary/aromatic N) is 3. The van der Waals surface area contributed by atoms with Gasteiger partial charge in [-0.05, 0) is 25.3 Å². The van der Waals surface area contributed by atoms with E-state index >= 15 is 0 Å². The number of pyridine rings is 1. The van der Waals surface area contributed by atoms with Gasteiger partial charge in [0.05, 0.1) is 17.6 Å². The molecule has 2 aromatic heterocycles. The number of hydrogen-bond acceptors (Lipinski definition) is 5. The second kappa shape index (κ2) is 12.0. The number of methoxy groups -OCH3 is 1. The molecule has 174 valence electrons. The summed E-state index contributed by atoms with van der Waals surface area (Å²) in [6.07, 6.45) is 6.39. The van der Waals surface area contributed by atoms with Gasteiger partial charge in [0.1, 0.15) is 16.7 Å². The molecule has 0 aliphatic carbocycles. The number of para-hydroxylation sites is 1. The van der Waals surface area contributed by atoms with Crippen LogP contribution in [0.1, 0.15) is 51.3 Å². The average Bonchev–Trinajstić information content (AvgIpc) is 3.16.